The van der Waals surface area contributed by atoms with Crippen molar-refractivity contribution in [2.75, 3.05) is 16.4 Å². The Morgan fingerprint density at radius 2 is 2.15 bits per heavy atom. The molecule has 3 aromatic rings. The third kappa shape index (κ3) is 3.18. The van der Waals surface area contributed by atoms with Gasteiger partial charge < -0.3 is 10.6 Å². The van der Waals surface area contributed by atoms with E-state index in [4.69, 9.17) is 0 Å². The highest BCUT2D eigenvalue weighted by molar-refractivity contribution is 8.00. The third-order valence-electron chi connectivity index (χ3n) is 3.83. The predicted molar refractivity (Wildman–Crippen MR) is 97.3 cm³/mol. The van der Waals surface area contributed by atoms with E-state index >= 15 is 0 Å². The first kappa shape index (κ1) is 16.3. The van der Waals surface area contributed by atoms with E-state index in [9.17, 15) is 14.0 Å². The lowest BCUT2D eigenvalue weighted by Crippen LogP contribution is -2.20. The highest BCUT2D eigenvalue weighted by Gasteiger charge is 2.17. The minimum absolute atomic E-state index is 0.101. The van der Waals surface area contributed by atoms with Gasteiger partial charge in [-0.15, -0.1) is 11.8 Å². The summed E-state index contributed by atoms with van der Waals surface area (Å²) in [6, 6.07) is 11.2. The van der Waals surface area contributed by atoms with E-state index in [1.54, 1.807) is 48.8 Å². The van der Waals surface area contributed by atoms with E-state index < -0.39 is 5.82 Å². The van der Waals surface area contributed by atoms with Crippen molar-refractivity contribution in [3.8, 4) is 5.69 Å². The Morgan fingerprint density at radius 3 is 2.92 bits per heavy atom. The van der Waals surface area contributed by atoms with Gasteiger partial charge in [-0.2, -0.15) is 5.10 Å². The normalized spacial score (nSPS) is 13.0. The number of fused-ring (bicyclic) bond motifs is 1. The average Bonchev–Trinajstić information content (AvgIpc) is 3.15. The fraction of sp³-hybridized carbons (Fsp3) is 0.0556. The van der Waals surface area contributed by atoms with Crippen molar-refractivity contribution in [1.29, 1.82) is 0 Å². The van der Waals surface area contributed by atoms with Crippen LogP contribution in [-0.2, 0) is 4.79 Å². The Balaban J connectivity index is 1.54. The number of carbonyl (C=O) groups is 2. The number of benzene rings is 2. The maximum absolute atomic E-state index is 14.3. The zero-order valence-corrected chi connectivity index (χ0v) is 14.2. The van der Waals surface area contributed by atoms with Gasteiger partial charge in [-0.1, -0.05) is 0 Å². The smallest absolute Gasteiger partial charge is 0.255 e. The molecule has 8 heteroatoms. The molecule has 0 atom stereocenters. The van der Waals surface area contributed by atoms with Crippen LogP contribution in [0.2, 0.25) is 0 Å². The van der Waals surface area contributed by atoms with Gasteiger partial charge in [0.15, 0.2) is 5.82 Å². The summed E-state index contributed by atoms with van der Waals surface area (Å²) in [5.74, 6) is -0.624. The van der Waals surface area contributed by atoms with E-state index in [0.717, 1.165) is 4.90 Å². The van der Waals surface area contributed by atoms with Crippen LogP contribution in [-0.4, -0.2) is 27.3 Å². The van der Waals surface area contributed by atoms with Crippen molar-refractivity contribution < 1.29 is 14.0 Å². The molecular weight excluding hydrogens is 355 g/mol. The molecule has 26 heavy (non-hydrogen) atoms. The quantitative estimate of drug-likeness (QED) is 0.744. The van der Waals surface area contributed by atoms with Gasteiger partial charge in [0.25, 0.3) is 5.91 Å². The van der Waals surface area contributed by atoms with Crippen LogP contribution in [0, 0.1) is 5.82 Å². The SMILES string of the molecule is O=C1CSc2ccc(C(=O)Nc3ccc(-n4cccn4)c(F)c3)cc2N1. The Labute approximate surface area is 152 Å². The number of amides is 2. The van der Waals surface area contributed by atoms with E-state index in [1.165, 1.54) is 22.5 Å². The lowest BCUT2D eigenvalue weighted by atomic mass is 10.1. The summed E-state index contributed by atoms with van der Waals surface area (Å²) in [4.78, 5) is 24.8. The molecule has 0 unspecified atom stereocenters. The topological polar surface area (TPSA) is 76.0 Å². The van der Waals surface area contributed by atoms with Crippen LogP contribution in [0.5, 0.6) is 0 Å². The number of nitrogens with zero attached hydrogens (tertiary/aromatic N) is 2. The summed E-state index contributed by atoms with van der Waals surface area (Å²) < 4.78 is 15.7. The molecule has 0 radical (unpaired) electrons. The fourth-order valence-corrected chi connectivity index (χ4v) is 3.40. The molecule has 0 saturated heterocycles. The van der Waals surface area contributed by atoms with Gasteiger partial charge in [-0.3, -0.25) is 9.59 Å². The second-order valence-corrected chi connectivity index (χ2v) is 6.64. The predicted octanol–water partition coefficient (Wildman–Crippen LogP) is 3.31. The van der Waals surface area contributed by atoms with Crippen molar-refractivity contribution in [3.05, 3.63) is 66.2 Å². The second-order valence-electron chi connectivity index (χ2n) is 5.62. The summed E-state index contributed by atoms with van der Waals surface area (Å²) in [5, 5.41) is 9.39. The largest absolute Gasteiger partial charge is 0.324 e. The molecule has 0 bridgehead atoms. The van der Waals surface area contributed by atoms with Gasteiger partial charge in [0.1, 0.15) is 5.69 Å². The standard InChI is InChI=1S/C18H13FN4O2S/c19-13-9-12(3-4-15(13)23-7-1-6-20-23)21-18(25)11-2-5-16-14(8-11)22-17(24)10-26-16/h1-9H,10H2,(H,21,25)(H,22,24). The number of hydrogen-bond acceptors (Lipinski definition) is 4. The molecule has 0 aliphatic carbocycles. The first-order valence-corrected chi connectivity index (χ1v) is 8.76. The van der Waals surface area contributed by atoms with Crippen LogP contribution in [0.15, 0.2) is 59.8 Å². The fourth-order valence-electron chi connectivity index (χ4n) is 2.61. The van der Waals surface area contributed by atoms with Crippen LogP contribution < -0.4 is 10.6 Å². The monoisotopic (exact) mass is 368 g/mol. The van der Waals surface area contributed by atoms with Crippen molar-refractivity contribution in [2.24, 2.45) is 0 Å². The van der Waals surface area contributed by atoms with Gasteiger partial charge in [0.05, 0.1) is 11.4 Å². The van der Waals surface area contributed by atoms with Crippen LogP contribution >= 0.6 is 11.8 Å². The molecule has 6 nitrogen and oxygen atoms in total. The van der Waals surface area contributed by atoms with E-state index in [2.05, 4.69) is 15.7 Å². The summed E-state index contributed by atoms with van der Waals surface area (Å²) in [6.45, 7) is 0. The third-order valence-corrected chi connectivity index (χ3v) is 4.90. The molecule has 0 spiro atoms. The lowest BCUT2D eigenvalue weighted by Gasteiger charge is -2.17. The molecule has 2 N–H and O–H groups in total. The zero-order chi connectivity index (χ0) is 18.1. The van der Waals surface area contributed by atoms with Gasteiger partial charge in [-0.25, -0.2) is 9.07 Å². The van der Waals surface area contributed by atoms with Crippen LogP contribution in [0.25, 0.3) is 5.69 Å². The molecule has 2 amide bonds. The molecule has 0 saturated carbocycles. The second kappa shape index (κ2) is 6.64. The van der Waals surface area contributed by atoms with Crippen molar-refractivity contribution >= 4 is 35.0 Å². The number of halogens is 1. The number of thioether (sulfide) groups is 1. The molecule has 1 aliphatic heterocycles. The number of anilines is 2. The minimum atomic E-state index is -0.499. The maximum atomic E-state index is 14.3. The Morgan fingerprint density at radius 1 is 1.27 bits per heavy atom. The summed E-state index contributed by atoms with van der Waals surface area (Å²) in [7, 11) is 0. The van der Waals surface area contributed by atoms with Gasteiger partial charge in [-0.05, 0) is 42.5 Å². The van der Waals surface area contributed by atoms with E-state index in [-0.39, 0.29) is 11.8 Å². The first-order valence-electron chi connectivity index (χ1n) is 7.78. The molecule has 2 aromatic carbocycles. The first-order chi connectivity index (χ1) is 12.6. The molecule has 2 heterocycles. The van der Waals surface area contributed by atoms with Crippen LogP contribution in [0.1, 0.15) is 10.4 Å². The number of carbonyl (C=O) groups excluding carboxylic acids is 2. The molecule has 1 aliphatic rings. The molecule has 4 rings (SSSR count). The maximum Gasteiger partial charge on any atom is 0.255 e. The average molecular weight is 368 g/mol. The minimum Gasteiger partial charge on any atom is -0.324 e. The van der Waals surface area contributed by atoms with E-state index in [0.29, 0.717) is 28.4 Å². The van der Waals surface area contributed by atoms with Gasteiger partial charge in [0, 0.05) is 28.5 Å². The highest BCUT2D eigenvalue weighted by Crippen LogP contribution is 2.32. The number of hydrogen-bond donors (Lipinski definition) is 2. The highest BCUT2D eigenvalue weighted by atomic mass is 32.2. The summed E-state index contributed by atoms with van der Waals surface area (Å²) in [5.41, 5.74) is 1.61. The Kier molecular flexibility index (Phi) is 4.18. The molecule has 0 fully saturated rings. The molecular formula is C18H13FN4O2S. The van der Waals surface area contributed by atoms with Crippen molar-refractivity contribution in [1.82, 2.24) is 9.78 Å². The Bertz CT molecular complexity index is 1000. The van der Waals surface area contributed by atoms with Gasteiger partial charge >= 0.3 is 0 Å². The van der Waals surface area contributed by atoms with Gasteiger partial charge in [0.2, 0.25) is 5.91 Å². The number of rotatable bonds is 3. The zero-order valence-electron chi connectivity index (χ0n) is 13.4. The molecule has 130 valence electrons. The molecule has 1 aromatic heterocycles. The van der Waals surface area contributed by atoms with Crippen LogP contribution in [0.3, 0.4) is 0 Å². The summed E-state index contributed by atoms with van der Waals surface area (Å²) in [6.07, 6.45) is 3.19. The lowest BCUT2D eigenvalue weighted by molar-refractivity contribution is -0.113. The van der Waals surface area contributed by atoms with E-state index in [1.807, 2.05) is 0 Å². The summed E-state index contributed by atoms with van der Waals surface area (Å²) >= 11 is 1.42. The number of nitrogens with one attached hydrogen (secondary N) is 2. The Hall–Kier alpha value is -3.13. The van der Waals surface area contributed by atoms with Crippen molar-refractivity contribution in [3.63, 3.8) is 0 Å². The number of aromatic nitrogens is 2. The van der Waals surface area contributed by atoms with Crippen molar-refractivity contribution in [2.45, 2.75) is 4.90 Å². The van der Waals surface area contributed by atoms with Crippen LogP contribution in [0.4, 0.5) is 15.8 Å².